The SMILES string of the molecule is COc1ccc(N2CCCN([C@@H](C(N)=O)c3ccccc3)CC2)cc1. The zero-order chi connectivity index (χ0) is 17.6. The molecule has 2 aromatic rings. The second-order valence-corrected chi connectivity index (χ2v) is 6.29. The van der Waals surface area contributed by atoms with E-state index < -0.39 is 0 Å². The molecule has 0 saturated carbocycles. The van der Waals surface area contributed by atoms with Gasteiger partial charge >= 0.3 is 0 Å². The maximum Gasteiger partial charge on any atom is 0.239 e. The van der Waals surface area contributed by atoms with Crippen molar-refractivity contribution in [2.24, 2.45) is 5.73 Å². The molecule has 0 aliphatic carbocycles. The molecule has 0 aromatic heterocycles. The topological polar surface area (TPSA) is 58.8 Å². The molecule has 1 heterocycles. The molecule has 1 atom stereocenters. The number of carbonyl (C=O) groups excluding carboxylic acids is 1. The largest absolute Gasteiger partial charge is 0.497 e. The fourth-order valence-corrected chi connectivity index (χ4v) is 3.44. The van der Waals surface area contributed by atoms with Crippen molar-refractivity contribution in [2.45, 2.75) is 12.5 Å². The van der Waals surface area contributed by atoms with Gasteiger partial charge in [-0.05, 0) is 36.2 Å². The molecule has 5 nitrogen and oxygen atoms in total. The third-order valence-corrected chi connectivity index (χ3v) is 4.72. The van der Waals surface area contributed by atoms with Gasteiger partial charge in [-0.3, -0.25) is 9.69 Å². The standard InChI is InChI=1S/C20H25N3O2/c1-25-18-10-8-17(9-11-18)22-12-5-13-23(15-14-22)19(20(21)24)16-6-3-2-4-7-16/h2-4,6-11,19H,5,12-15H2,1H3,(H2,21,24)/t19-/m1/s1. The van der Waals surface area contributed by atoms with E-state index in [1.807, 2.05) is 42.5 Å². The Balaban J connectivity index is 1.72. The lowest BCUT2D eigenvalue weighted by molar-refractivity contribution is -0.123. The van der Waals surface area contributed by atoms with Crippen molar-refractivity contribution < 1.29 is 9.53 Å². The van der Waals surface area contributed by atoms with Crippen molar-refractivity contribution in [1.82, 2.24) is 4.90 Å². The molecular weight excluding hydrogens is 314 g/mol. The van der Waals surface area contributed by atoms with Crippen LogP contribution in [0.3, 0.4) is 0 Å². The smallest absolute Gasteiger partial charge is 0.239 e. The summed E-state index contributed by atoms with van der Waals surface area (Å²) in [5.41, 5.74) is 7.86. The first-order valence-corrected chi connectivity index (χ1v) is 8.66. The van der Waals surface area contributed by atoms with Gasteiger partial charge in [0.05, 0.1) is 7.11 Å². The Morgan fingerprint density at radius 1 is 1.00 bits per heavy atom. The van der Waals surface area contributed by atoms with E-state index in [4.69, 9.17) is 10.5 Å². The highest BCUT2D eigenvalue weighted by Crippen LogP contribution is 2.25. The zero-order valence-electron chi connectivity index (χ0n) is 14.6. The average molecular weight is 339 g/mol. The number of nitrogens with two attached hydrogens (primary N) is 1. The number of nitrogens with zero attached hydrogens (tertiary/aromatic N) is 2. The fourth-order valence-electron chi connectivity index (χ4n) is 3.44. The van der Waals surface area contributed by atoms with Gasteiger partial charge in [0.2, 0.25) is 5.91 Å². The van der Waals surface area contributed by atoms with Crippen LogP contribution in [0.15, 0.2) is 54.6 Å². The summed E-state index contributed by atoms with van der Waals surface area (Å²) in [6.45, 7) is 3.48. The summed E-state index contributed by atoms with van der Waals surface area (Å²) in [5.74, 6) is 0.571. The molecule has 1 saturated heterocycles. The molecule has 1 amide bonds. The Bertz CT molecular complexity index is 688. The number of benzene rings is 2. The number of amides is 1. The summed E-state index contributed by atoms with van der Waals surface area (Å²) in [6, 6.07) is 17.6. The Morgan fingerprint density at radius 3 is 2.36 bits per heavy atom. The number of hydrogen-bond acceptors (Lipinski definition) is 4. The van der Waals surface area contributed by atoms with E-state index in [2.05, 4.69) is 21.9 Å². The minimum atomic E-state index is -0.364. The van der Waals surface area contributed by atoms with Crippen LogP contribution in [0.4, 0.5) is 5.69 Å². The Morgan fingerprint density at radius 2 is 1.72 bits per heavy atom. The summed E-state index contributed by atoms with van der Waals surface area (Å²) in [5, 5.41) is 0. The lowest BCUT2D eigenvalue weighted by Gasteiger charge is -2.29. The molecular formula is C20H25N3O2. The quantitative estimate of drug-likeness (QED) is 0.909. The maximum atomic E-state index is 12.1. The van der Waals surface area contributed by atoms with E-state index in [9.17, 15) is 4.79 Å². The molecule has 0 unspecified atom stereocenters. The summed E-state index contributed by atoms with van der Waals surface area (Å²) in [6.07, 6.45) is 0.989. The molecule has 1 aliphatic rings. The molecule has 0 bridgehead atoms. The molecule has 0 spiro atoms. The highest BCUT2D eigenvalue weighted by molar-refractivity contribution is 5.81. The zero-order valence-corrected chi connectivity index (χ0v) is 14.6. The van der Waals surface area contributed by atoms with Crippen LogP contribution >= 0.6 is 0 Å². The predicted octanol–water partition coefficient (Wildman–Crippen LogP) is 2.43. The van der Waals surface area contributed by atoms with Gasteiger partial charge in [-0.25, -0.2) is 0 Å². The van der Waals surface area contributed by atoms with Crippen LogP contribution in [0.5, 0.6) is 5.75 Å². The molecule has 1 fully saturated rings. The number of hydrogen-bond donors (Lipinski definition) is 1. The first kappa shape index (κ1) is 17.3. The predicted molar refractivity (Wildman–Crippen MR) is 99.8 cm³/mol. The third-order valence-electron chi connectivity index (χ3n) is 4.72. The van der Waals surface area contributed by atoms with Gasteiger partial charge in [-0.15, -0.1) is 0 Å². The van der Waals surface area contributed by atoms with Crippen LogP contribution in [0.1, 0.15) is 18.0 Å². The van der Waals surface area contributed by atoms with Gasteiger partial charge < -0.3 is 15.4 Å². The van der Waals surface area contributed by atoms with Gasteiger partial charge in [-0.2, -0.15) is 0 Å². The van der Waals surface area contributed by atoms with Crippen molar-refractivity contribution in [2.75, 3.05) is 38.2 Å². The van der Waals surface area contributed by atoms with Gasteiger partial charge in [-0.1, -0.05) is 30.3 Å². The molecule has 1 aliphatic heterocycles. The van der Waals surface area contributed by atoms with Crippen LogP contribution in [-0.4, -0.2) is 44.1 Å². The van der Waals surface area contributed by atoms with Crippen molar-refractivity contribution in [3.8, 4) is 5.75 Å². The van der Waals surface area contributed by atoms with Gasteiger partial charge in [0.15, 0.2) is 0 Å². The van der Waals surface area contributed by atoms with Crippen molar-refractivity contribution in [3.05, 3.63) is 60.2 Å². The molecule has 0 radical (unpaired) electrons. The van der Waals surface area contributed by atoms with E-state index in [-0.39, 0.29) is 11.9 Å². The van der Waals surface area contributed by atoms with Crippen molar-refractivity contribution in [3.63, 3.8) is 0 Å². The maximum absolute atomic E-state index is 12.1. The third kappa shape index (κ3) is 4.12. The van der Waals surface area contributed by atoms with Gasteiger partial charge in [0.1, 0.15) is 11.8 Å². The minimum absolute atomic E-state index is 0.288. The molecule has 25 heavy (non-hydrogen) atoms. The van der Waals surface area contributed by atoms with Crippen molar-refractivity contribution >= 4 is 11.6 Å². The fraction of sp³-hybridized carbons (Fsp3) is 0.350. The summed E-state index contributed by atoms with van der Waals surface area (Å²) in [7, 11) is 1.67. The average Bonchev–Trinajstić information content (AvgIpc) is 2.89. The summed E-state index contributed by atoms with van der Waals surface area (Å²) >= 11 is 0. The Hall–Kier alpha value is -2.53. The van der Waals surface area contributed by atoms with Crippen molar-refractivity contribution in [1.29, 1.82) is 0 Å². The van der Waals surface area contributed by atoms with E-state index >= 15 is 0 Å². The highest BCUT2D eigenvalue weighted by atomic mass is 16.5. The first-order chi connectivity index (χ1) is 12.2. The van der Waals surface area contributed by atoms with Crippen LogP contribution < -0.4 is 15.4 Å². The number of anilines is 1. The normalized spacial score (nSPS) is 16.9. The Labute approximate surface area is 149 Å². The van der Waals surface area contributed by atoms with Crippen LogP contribution in [0, 0.1) is 0 Å². The lowest BCUT2D eigenvalue weighted by atomic mass is 10.0. The first-order valence-electron chi connectivity index (χ1n) is 8.66. The molecule has 2 N–H and O–H groups in total. The van der Waals surface area contributed by atoms with E-state index in [0.29, 0.717) is 0 Å². The molecule has 5 heteroatoms. The number of rotatable bonds is 5. The van der Waals surface area contributed by atoms with E-state index in [0.717, 1.165) is 43.9 Å². The number of carbonyl (C=O) groups is 1. The lowest BCUT2D eigenvalue weighted by Crippen LogP contribution is -2.40. The second kappa shape index (κ2) is 8.03. The molecule has 2 aromatic carbocycles. The second-order valence-electron chi connectivity index (χ2n) is 6.29. The molecule has 3 rings (SSSR count). The van der Waals surface area contributed by atoms with E-state index in [1.165, 1.54) is 5.69 Å². The Kier molecular flexibility index (Phi) is 5.56. The number of ether oxygens (including phenoxy) is 1. The highest BCUT2D eigenvalue weighted by Gasteiger charge is 2.27. The number of methoxy groups -OCH3 is 1. The summed E-state index contributed by atoms with van der Waals surface area (Å²) < 4.78 is 5.23. The minimum Gasteiger partial charge on any atom is -0.497 e. The summed E-state index contributed by atoms with van der Waals surface area (Å²) in [4.78, 5) is 16.6. The monoisotopic (exact) mass is 339 g/mol. The van der Waals surface area contributed by atoms with Crippen LogP contribution in [-0.2, 0) is 4.79 Å². The molecule has 132 valence electrons. The number of primary amides is 1. The van der Waals surface area contributed by atoms with Gasteiger partial charge in [0, 0.05) is 31.9 Å². The van der Waals surface area contributed by atoms with Gasteiger partial charge in [0.25, 0.3) is 0 Å². The van der Waals surface area contributed by atoms with Crippen LogP contribution in [0.25, 0.3) is 0 Å². The van der Waals surface area contributed by atoms with E-state index in [1.54, 1.807) is 7.11 Å². The van der Waals surface area contributed by atoms with Crippen LogP contribution in [0.2, 0.25) is 0 Å².